The number of ketones is 1. The molecule has 0 amide bonds. The summed E-state index contributed by atoms with van der Waals surface area (Å²) in [6.45, 7) is 0.312. The molecule has 0 heterocycles. The summed E-state index contributed by atoms with van der Waals surface area (Å²) in [7, 11) is 4.41. The summed E-state index contributed by atoms with van der Waals surface area (Å²) in [4.78, 5) is 24.3. The van der Waals surface area contributed by atoms with E-state index in [1.165, 1.54) is 20.3 Å². The highest BCUT2D eigenvalue weighted by molar-refractivity contribution is 6.08. The first-order valence-electron chi connectivity index (χ1n) is 9.89. The Hall–Kier alpha value is -4.06. The van der Waals surface area contributed by atoms with E-state index in [1.54, 1.807) is 43.5 Å². The van der Waals surface area contributed by atoms with Gasteiger partial charge in [0.25, 0.3) is 0 Å². The Balaban J connectivity index is 1.72. The fraction of sp³-hybridized carbons (Fsp3) is 0.154. The molecule has 0 fully saturated rings. The van der Waals surface area contributed by atoms with Crippen LogP contribution < -0.4 is 14.2 Å². The quantitative estimate of drug-likeness (QED) is 0.270. The van der Waals surface area contributed by atoms with E-state index in [0.717, 1.165) is 11.1 Å². The Kier molecular flexibility index (Phi) is 7.65. The predicted molar refractivity (Wildman–Crippen MR) is 121 cm³/mol. The van der Waals surface area contributed by atoms with Crippen LogP contribution in [0.5, 0.6) is 17.2 Å². The molecule has 6 nitrogen and oxygen atoms in total. The Labute approximate surface area is 187 Å². The minimum absolute atomic E-state index is 0.197. The highest BCUT2D eigenvalue weighted by Crippen LogP contribution is 2.26. The van der Waals surface area contributed by atoms with Crippen molar-refractivity contribution in [2.24, 2.45) is 0 Å². The first-order valence-corrected chi connectivity index (χ1v) is 9.89. The number of benzene rings is 3. The number of carbonyl (C=O) groups excluding carboxylic acids is 2. The largest absolute Gasteiger partial charge is 0.497 e. The van der Waals surface area contributed by atoms with Crippen molar-refractivity contribution in [2.75, 3.05) is 21.3 Å². The van der Waals surface area contributed by atoms with Gasteiger partial charge in [-0.05, 0) is 48.0 Å². The maximum Gasteiger partial charge on any atom is 0.337 e. The fourth-order valence-electron chi connectivity index (χ4n) is 3.02. The predicted octanol–water partition coefficient (Wildman–Crippen LogP) is 4.97. The summed E-state index contributed by atoms with van der Waals surface area (Å²) in [6, 6.07) is 19.5. The number of carbonyl (C=O) groups is 2. The van der Waals surface area contributed by atoms with Crippen molar-refractivity contribution in [1.29, 1.82) is 0 Å². The summed E-state index contributed by atoms with van der Waals surface area (Å²) >= 11 is 0. The zero-order valence-corrected chi connectivity index (χ0v) is 18.2. The van der Waals surface area contributed by atoms with E-state index in [0.29, 0.717) is 35.0 Å². The zero-order chi connectivity index (χ0) is 22.9. The van der Waals surface area contributed by atoms with Crippen LogP contribution in [-0.2, 0) is 11.3 Å². The van der Waals surface area contributed by atoms with E-state index in [4.69, 9.17) is 18.9 Å². The number of esters is 1. The van der Waals surface area contributed by atoms with Gasteiger partial charge in [-0.15, -0.1) is 0 Å². The second-order valence-electron chi connectivity index (χ2n) is 6.78. The first kappa shape index (κ1) is 22.6. The SMILES string of the molecule is COC(=O)c1ccc(COc2ccccc2C=CC(=O)c2ccc(OC)cc2OC)cc1. The lowest BCUT2D eigenvalue weighted by molar-refractivity contribution is 0.0600. The first-order chi connectivity index (χ1) is 15.5. The van der Waals surface area contributed by atoms with Gasteiger partial charge in [-0.25, -0.2) is 4.79 Å². The summed E-state index contributed by atoms with van der Waals surface area (Å²) in [6.07, 6.45) is 3.19. The molecular formula is C26H24O6. The smallest absolute Gasteiger partial charge is 0.337 e. The van der Waals surface area contributed by atoms with Gasteiger partial charge in [-0.3, -0.25) is 4.79 Å². The molecule has 0 atom stereocenters. The molecule has 3 aromatic carbocycles. The number of methoxy groups -OCH3 is 3. The third-order valence-electron chi connectivity index (χ3n) is 4.78. The van der Waals surface area contributed by atoms with E-state index in [1.807, 2.05) is 36.4 Å². The third-order valence-corrected chi connectivity index (χ3v) is 4.78. The van der Waals surface area contributed by atoms with Crippen molar-refractivity contribution < 1.29 is 28.5 Å². The van der Waals surface area contributed by atoms with Gasteiger partial charge >= 0.3 is 5.97 Å². The van der Waals surface area contributed by atoms with E-state index in [2.05, 4.69) is 0 Å². The van der Waals surface area contributed by atoms with Crippen LogP contribution in [0.15, 0.2) is 72.8 Å². The van der Waals surface area contributed by atoms with Crippen LogP contribution in [0, 0.1) is 0 Å². The average Bonchev–Trinajstić information content (AvgIpc) is 2.85. The molecule has 0 bridgehead atoms. The zero-order valence-electron chi connectivity index (χ0n) is 18.2. The molecule has 0 saturated carbocycles. The van der Waals surface area contributed by atoms with Crippen molar-refractivity contribution in [3.05, 3.63) is 95.1 Å². The number of para-hydroxylation sites is 1. The van der Waals surface area contributed by atoms with Crippen molar-refractivity contribution in [3.8, 4) is 17.2 Å². The molecule has 0 saturated heterocycles. The van der Waals surface area contributed by atoms with Crippen LogP contribution in [0.25, 0.3) is 6.08 Å². The van der Waals surface area contributed by atoms with Crippen LogP contribution in [0.2, 0.25) is 0 Å². The average molecular weight is 432 g/mol. The van der Waals surface area contributed by atoms with Gasteiger partial charge in [0.15, 0.2) is 5.78 Å². The van der Waals surface area contributed by atoms with Gasteiger partial charge in [0.05, 0.1) is 32.5 Å². The molecule has 0 aliphatic rings. The summed E-state index contributed by atoms with van der Waals surface area (Å²) < 4.78 is 21.1. The standard InChI is InChI=1S/C26H24O6/c1-29-21-13-14-22(25(16-21)30-2)23(27)15-12-19-6-4-5-7-24(19)32-17-18-8-10-20(11-9-18)26(28)31-3/h4-16H,17H2,1-3H3. The van der Waals surface area contributed by atoms with Gasteiger partial charge in [-0.2, -0.15) is 0 Å². The van der Waals surface area contributed by atoms with Crippen molar-refractivity contribution in [3.63, 3.8) is 0 Å². The van der Waals surface area contributed by atoms with Gasteiger partial charge in [0.1, 0.15) is 23.9 Å². The lowest BCUT2D eigenvalue weighted by Gasteiger charge is -2.10. The van der Waals surface area contributed by atoms with E-state index in [-0.39, 0.29) is 11.8 Å². The second kappa shape index (κ2) is 10.8. The molecule has 3 rings (SSSR count). The molecule has 3 aromatic rings. The normalized spacial score (nSPS) is 10.6. The van der Waals surface area contributed by atoms with E-state index >= 15 is 0 Å². The lowest BCUT2D eigenvalue weighted by atomic mass is 10.1. The highest BCUT2D eigenvalue weighted by Gasteiger charge is 2.11. The molecular weight excluding hydrogens is 408 g/mol. The maximum absolute atomic E-state index is 12.7. The van der Waals surface area contributed by atoms with Crippen LogP contribution >= 0.6 is 0 Å². The number of hydrogen-bond acceptors (Lipinski definition) is 6. The number of allylic oxidation sites excluding steroid dienone is 1. The lowest BCUT2D eigenvalue weighted by Crippen LogP contribution is -2.02. The summed E-state index contributed by atoms with van der Waals surface area (Å²) in [5, 5.41) is 0. The molecule has 0 N–H and O–H groups in total. The van der Waals surface area contributed by atoms with Crippen molar-refractivity contribution in [2.45, 2.75) is 6.61 Å². The minimum Gasteiger partial charge on any atom is -0.497 e. The fourth-order valence-corrected chi connectivity index (χ4v) is 3.02. The Bertz CT molecular complexity index is 1120. The van der Waals surface area contributed by atoms with E-state index < -0.39 is 0 Å². The molecule has 0 spiro atoms. The summed E-state index contributed by atoms with van der Waals surface area (Å²) in [5.74, 6) is 1.11. The molecule has 32 heavy (non-hydrogen) atoms. The molecule has 0 radical (unpaired) electrons. The number of ether oxygens (including phenoxy) is 4. The Morgan fingerprint density at radius 3 is 2.28 bits per heavy atom. The van der Waals surface area contributed by atoms with Gasteiger partial charge in [0.2, 0.25) is 0 Å². The summed E-state index contributed by atoms with van der Waals surface area (Å²) in [5.41, 5.74) is 2.58. The maximum atomic E-state index is 12.7. The van der Waals surface area contributed by atoms with E-state index in [9.17, 15) is 9.59 Å². The molecule has 0 unspecified atom stereocenters. The Morgan fingerprint density at radius 1 is 0.844 bits per heavy atom. The third kappa shape index (κ3) is 5.55. The number of hydrogen-bond donors (Lipinski definition) is 0. The molecule has 164 valence electrons. The van der Waals surface area contributed by atoms with Gasteiger partial charge < -0.3 is 18.9 Å². The molecule has 0 aliphatic carbocycles. The monoisotopic (exact) mass is 432 g/mol. The number of rotatable bonds is 9. The Morgan fingerprint density at radius 2 is 1.59 bits per heavy atom. The molecule has 0 aromatic heterocycles. The van der Waals surface area contributed by atoms with Crippen LogP contribution in [0.4, 0.5) is 0 Å². The van der Waals surface area contributed by atoms with Gasteiger partial charge in [0, 0.05) is 11.6 Å². The van der Waals surface area contributed by atoms with Crippen molar-refractivity contribution in [1.82, 2.24) is 0 Å². The highest BCUT2D eigenvalue weighted by atomic mass is 16.5. The molecule has 6 heteroatoms. The van der Waals surface area contributed by atoms with Crippen molar-refractivity contribution >= 4 is 17.8 Å². The van der Waals surface area contributed by atoms with Crippen LogP contribution in [0.3, 0.4) is 0 Å². The second-order valence-corrected chi connectivity index (χ2v) is 6.78. The van der Waals surface area contributed by atoms with Crippen LogP contribution in [-0.4, -0.2) is 33.1 Å². The molecule has 0 aliphatic heterocycles. The van der Waals surface area contributed by atoms with Crippen LogP contribution in [0.1, 0.15) is 31.8 Å². The van der Waals surface area contributed by atoms with Gasteiger partial charge in [-0.1, -0.05) is 30.3 Å². The topological polar surface area (TPSA) is 71.1 Å². The minimum atomic E-state index is -0.383.